The van der Waals surface area contributed by atoms with E-state index in [1.807, 2.05) is 29.0 Å². The summed E-state index contributed by atoms with van der Waals surface area (Å²) in [4.78, 5) is 11.4. The van der Waals surface area contributed by atoms with Crippen LogP contribution in [0.4, 0.5) is 0 Å². The molecule has 0 aliphatic carbocycles. The highest BCUT2D eigenvalue weighted by molar-refractivity contribution is 5.92. The van der Waals surface area contributed by atoms with Crippen LogP contribution in [-0.4, -0.2) is 10.4 Å². The van der Waals surface area contributed by atoms with Gasteiger partial charge in [-0.15, -0.1) is 0 Å². The molecule has 0 N–H and O–H groups in total. The molecular weight excluding hydrogens is 222 g/mol. The molecule has 1 aromatic heterocycles. The van der Waals surface area contributed by atoms with Crippen molar-refractivity contribution in [3.63, 3.8) is 0 Å². The molecule has 2 aromatic rings. The number of aromatic nitrogens is 1. The van der Waals surface area contributed by atoms with Gasteiger partial charge in [0.05, 0.1) is 5.69 Å². The van der Waals surface area contributed by atoms with Crippen molar-refractivity contribution in [2.45, 2.75) is 32.7 Å². The molecule has 0 amide bonds. The van der Waals surface area contributed by atoms with Crippen LogP contribution in [0.5, 0.6) is 0 Å². The van der Waals surface area contributed by atoms with Gasteiger partial charge in [0, 0.05) is 19.7 Å². The zero-order valence-corrected chi connectivity index (χ0v) is 10.8. The molecule has 0 spiro atoms. The first kappa shape index (κ1) is 12.6. The fourth-order valence-electron chi connectivity index (χ4n) is 2.18. The molecule has 0 radical (unpaired) electrons. The van der Waals surface area contributed by atoms with Gasteiger partial charge in [-0.1, -0.05) is 30.3 Å². The number of nitrogens with zero attached hydrogens (tertiary/aromatic N) is 1. The maximum atomic E-state index is 11.4. The molecule has 0 unspecified atom stereocenters. The summed E-state index contributed by atoms with van der Waals surface area (Å²) >= 11 is 0. The number of hydrogen-bond acceptors (Lipinski definition) is 1. The van der Waals surface area contributed by atoms with Gasteiger partial charge in [-0.25, -0.2) is 0 Å². The number of rotatable bonds is 6. The van der Waals surface area contributed by atoms with Crippen molar-refractivity contribution in [3.8, 4) is 0 Å². The smallest absolute Gasteiger partial charge is 0.176 e. The molecule has 0 saturated carbocycles. The van der Waals surface area contributed by atoms with Crippen LogP contribution in [0.3, 0.4) is 0 Å². The van der Waals surface area contributed by atoms with Crippen molar-refractivity contribution in [1.29, 1.82) is 0 Å². The molecule has 1 aromatic carbocycles. The Hall–Kier alpha value is -1.83. The Bertz CT molecular complexity index is 499. The number of aryl methyl sites for hydroxylation is 2. The van der Waals surface area contributed by atoms with Crippen LogP contribution >= 0.6 is 0 Å². The third-order valence-corrected chi connectivity index (χ3v) is 3.15. The number of benzene rings is 1. The molecule has 0 aliphatic heterocycles. The lowest BCUT2D eigenvalue weighted by molar-refractivity contribution is 0.100. The second kappa shape index (κ2) is 6.20. The number of unbranched alkanes of at least 4 members (excludes halogenated alkanes) is 1. The number of Topliss-reactive ketones (excluding diaryl/α,β-unsaturated/α-hetero) is 1. The lowest BCUT2D eigenvalue weighted by Crippen LogP contribution is -2.05. The van der Waals surface area contributed by atoms with Gasteiger partial charge in [-0.05, 0) is 37.0 Å². The zero-order chi connectivity index (χ0) is 12.8. The number of carbonyl (C=O) groups excluding carboxylic acids is 1. The van der Waals surface area contributed by atoms with E-state index in [-0.39, 0.29) is 5.78 Å². The van der Waals surface area contributed by atoms with Crippen LogP contribution in [0, 0.1) is 0 Å². The van der Waals surface area contributed by atoms with Gasteiger partial charge in [0.25, 0.3) is 0 Å². The van der Waals surface area contributed by atoms with Crippen LogP contribution in [-0.2, 0) is 13.0 Å². The van der Waals surface area contributed by atoms with Crippen molar-refractivity contribution in [2.24, 2.45) is 0 Å². The Labute approximate surface area is 108 Å². The van der Waals surface area contributed by atoms with E-state index in [0.717, 1.165) is 31.5 Å². The average Bonchev–Trinajstić information content (AvgIpc) is 2.84. The van der Waals surface area contributed by atoms with Crippen LogP contribution in [0.15, 0.2) is 48.7 Å². The molecule has 0 atom stereocenters. The summed E-state index contributed by atoms with van der Waals surface area (Å²) in [6, 6.07) is 14.4. The maximum absolute atomic E-state index is 11.4. The molecule has 2 rings (SSSR count). The van der Waals surface area contributed by atoms with Gasteiger partial charge in [-0.2, -0.15) is 0 Å². The quantitative estimate of drug-likeness (QED) is 0.558. The molecular formula is C16H19NO. The Morgan fingerprint density at radius 2 is 1.83 bits per heavy atom. The van der Waals surface area contributed by atoms with Gasteiger partial charge in [-0.3, -0.25) is 4.79 Å². The summed E-state index contributed by atoms with van der Waals surface area (Å²) in [5, 5.41) is 0. The number of carbonyl (C=O) groups is 1. The minimum absolute atomic E-state index is 0.142. The van der Waals surface area contributed by atoms with Gasteiger partial charge in [0.2, 0.25) is 0 Å². The van der Waals surface area contributed by atoms with Crippen molar-refractivity contribution in [2.75, 3.05) is 0 Å². The lowest BCUT2D eigenvalue weighted by atomic mass is 10.1. The van der Waals surface area contributed by atoms with Crippen molar-refractivity contribution >= 4 is 5.78 Å². The zero-order valence-electron chi connectivity index (χ0n) is 10.8. The second-order valence-corrected chi connectivity index (χ2v) is 4.59. The summed E-state index contributed by atoms with van der Waals surface area (Å²) in [6.07, 6.45) is 5.35. The molecule has 2 heteroatoms. The summed E-state index contributed by atoms with van der Waals surface area (Å²) in [7, 11) is 0. The first-order valence-corrected chi connectivity index (χ1v) is 6.47. The van der Waals surface area contributed by atoms with E-state index in [1.165, 1.54) is 5.56 Å². The van der Waals surface area contributed by atoms with Gasteiger partial charge in [0.1, 0.15) is 0 Å². The summed E-state index contributed by atoms with van der Waals surface area (Å²) < 4.78 is 2.05. The Balaban J connectivity index is 1.79. The minimum atomic E-state index is 0.142. The molecule has 0 saturated heterocycles. The van der Waals surface area contributed by atoms with Gasteiger partial charge in [0.15, 0.2) is 5.78 Å². The standard InChI is InChI=1S/C16H19NO/c1-14(18)16-11-7-13-17(16)12-6-5-10-15-8-3-2-4-9-15/h2-4,7-9,11,13H,5-6,10,12H2,1H3. The Morgan fingerprint density at radius 1 is 1.06 bits per heavy atom. The van der Waals surface area contributed by atoms with Crippen molar-refractivity contribution in [3.05, 3.63) is 59.9 Å². The molecule has 2 nitrogen and oxygen atoms in total. The first-order chi connectivity index (χ1) is 8.77. The minimum Gasteiger partial charge on any atom is -0.345 e. The third-order valence-electron chi connectivity index (χ3n) is 3.15. The van der Waals surface area contributed by atoms with Gasteiger partial charge < -0.3 is 4.57 Å². The average molecular weight is 241 g/mol. The van der Waals surface area contributed by atoms with Crippen LogP contribution in [0.1, 0.15) is 35.8 Å². The molecule has 18 heavy (non-hydrogen) atoms. The normalized spacial score (nSPS) is 10.5. The monoisotopic (exact) mass is 241 g/mol. The highest BCUT2D eigenvalue weighted by Crippen LogP contribution is 2.08. The second-order valence-electron chi connectivity index (χ2n) is 4.59. The van der Waals surface area contributed by atoms with E-state index < -0.39 is 0 Å². The fourth-order valence-corrected chi connectivity index (χ4v) is 2.18. The third kappa shape index (κ3) is 3.33. The van der Waals surface area contributed by atoms with Crippen LogP contribution in [0.2, 0.25) is 0 Å². The van der Waals surface area contributed by atoms with E-state index in [1.54, 1.807) is 6.92 Å². The molecule has 94 valence electrons. The number of hydrogen-bond donors (Lipinski definition) is 0. The van der Waals surface area contributed by atoms with Gasteiger partial charge >= 0.3 is 0 Å². The largest absolute Gasteiger partial charge is 0.345 e. The maximum Gasteiger partial charge on any atom is 0.176 e. The van der Waals surface area contributed by atoms with Crippen LogP contribution in [0.25, 0.3) is 0 Å². The van der Waals surface area contributed by atoms with Crippen LogP contribution < -0.4 is 0 Å². The summed E-state index contributed by atoms with van der Waals surface area (Å²) in [5.41, 5.74) is 2.20. The predicted molar refractivity (Wildman–Crippen MR) is 73.8 cm³/mol. The number of ketones is 1. The summed E-state index contributed by atoms with van der Waals surface area (Å²) in [6.45, 7) is 2.55. The highest BCUT2D eigenvalue weighted by Gasteiger charge is 2.04. The van der Waals surface area contributed by atoms with Crippen molar-refractivity contribution < 1.29 is 4.79 Å². The SMILES string of the molecule is CC(=O)c1cccn1CCCCc1ccccc1. The fraction of sp³-hybridized carbons (Fsp3) is 0.312. The molecule has 0 bridgehead atoms. The van der Waals surface area contributed by atoms with E-state index in [9.17, 15) is 4.79 Å². The highest BCUT2D eigenvalue weighted by atomic mass is 16.1. The van der Waals surface area contributed by atoms with Crippen molar-refractivity contribution in [1.82, 2.24) is 4.57 Å². The Morgan fingerprint density at radius 3 is 2.56 bits per heavy atom. The van der Waals surface area contributed by atoms with E-state index in [2.05, 4.69) is 24.3 Å². The van der Waals surface area contributed by atoms with E-state index in [0.29, 0.717) is 0 Å². The molecule has 0 fully saturated rings. The molecule has 1 heterocycles. The van der Waals surface area contributed by atoms with E-state index in [4.69, 9.17) is 0 Å². The topological polar surface area (TPSA) is 22.0 Å². The lowest BCUT2D eigenvalue weighted by Gasteiger charge is -2.07. The van der Waals surface area contributed by atoms with E-state index >= 15 is 0 Å². The molecule has 0 aliphatic rings. The summed E-state index contributed by atoms with van der Waals surface area (Å²) in [5.74, 6) is 0.142. The Kier molecular flexibility index (Phi) is 4.35. The first-order valence-electron chi connectivity index (χ1n) is 6.47. The predicted octanol–water partition coefficient (Wildman–Crippen LogP) is 3.71.